The second-order valence-corrected chi connectivity index (χ2v) is 4.42. The van der Waals surface area contributed by atoms with E-state index in [1.54, 1.807) is 19.1 Å². The molecule has 3 nitrogen and oxygen atoms in total. The Balaban J connectivity index is 3.57. The van der Waals surface area contributed by atoms with Crippen molar-refractivity contribution >= 4 is 5.97 Å². The lowest BCUT2D eigenvalue weighted by Crippen LogP contribution is -2.07. The quantitative estimate of drug-likeness (QED) is 0.786. The molecule has 0 amide bonds. The van der Waals surface area contributed by atoms with E-state index >= 15 is 0 Å². The van der Waals surface area contributed by atoms with Gasteiger partial charge >= 0.3 is 5.97 Å². The van der Waals surface area contributed by atoms with Gasteiger partial charge < -0.3 is 10.2 Å². The van der Waals surface area contributed by atoms with Gasteiger partial charge in [-0.3, -0.25) is 0 Å². The van der Waals surface area contributed by atoms with Crippen LogP contribution >= 0.6 is 0 Å². The fourth-order valence-corrected chi connectivity index (χ4v) is 2.07. The van der Waals surface area contributed by atoms with Crippen molar-refractivity contribution in [2.24, 2.45) is 0 Å². The minimum absolute atomic E-state index is 0.00810. The van der Waals surface area contributed by atoms with Crippen molar-refractivity contribution in [1.29, 1.82) is 0 Å². The molecule has 0 spiro atoms. The normalized spacial score (nSPS) is 10.6. The summed E-state index contributed by atoms with van der Waals surface area (Å²) in [5.74, 6) is -1.02. The number of carboxylic acids is 1. The standard InChI is InChI=1S/C14H18O3/c1-5-6-10-9(4)13(14(16)17)12(15)7-11(10)8(2)3/h5,7-8,15H,1,6H2,2-4H3,(H,16,17). The van der Waals surface area contributed by atoms with E-state index in [9.17, 15) is 9.90 Å². The van der Waals surface area contributed by atoms with Crippen molar-refractivity contribution in [2.45, 2.75) is 33.1 Å². The number of benzene rings is 1. The SMILES string of the molecule is C=CCc1c(C(C)C)cc(O)c(C(=O)O)c1C. The van der Waals surface area contributed by atoms with Gasteiger partial charge in [0.15, 0.2) is 0 Å². The molecular formula is C14H18O3. The Morgan fingerprint density at radius 3 is 2.53 bits per heavy atom. The summed E-state index contributed by atoms with van der Waals surface area (Å²) in [7, 11) is 0. The number of carboxylic acid groups (broad SMARTS) is 1. The third-order valence-electron chi connectivity index (χ3n) is 2.91. The van der Waals surface area contributed by atoms with Gasteiger partial charge in [0, 0.05) is 0 Å². The zero-order chi connectivity index (χ0) is 13.2. The van der Waals surface area contributed by atoms with Crippen molar-refractivity contribution in [3.05, 3.63) is 41.0 Å². The second-order valence-electron chi connectivity index (χ2n) is 4.42. The van der Waals surface area contributed by atoms with Crippen LogP contribution in [0.3, 0.4) is 0 Å². The maximum absolute atomic E-state index is 11.1. The molecule has 0 unspecified atom stereocenters. The number of aromatic carboxylic acids is 1. The first kappa shape index (κ1) is 13.3. The van der Waals surface area contributed by atoms with Crippen LogP contribution in [0.2, 0.25) is 0 Å². The topological polar surface area (TPSA) is 57.5 Å². The number of hydrogen-bond donors (Lipinski definition) is 2. The largest absolute Gasteiger partial charge is 0.507 e. The van der Waals surface area contributed by atoms with E-state index in [2.05, 4.69) is 6.58 Å². The number of rotatable bonds is 4. The first-order chi connectivity index (χ1) is 7.90. The predicted octanol–water partition coefficient (Wildman–Crippen LogP) is 3.25. The average molecular weight is 234 g/mol. The van der Waals surface area contributed by atoms with Gasteiger partial charge in [-0.1, -0.05) is 19.9 Å². The molecule has 17 heavy (non-hydrogen) atoms. The van der Waals surface area contributed by atoms with Gasteiger partial charge in [0.05, 0.1) is 0 Å². The van der Waals surface area contributed by atoms with Gasteiger partial charge in [0.25, 0.3) is 0 Å². The lowest BCUT2D eigenvalue weighted by Gasteiger charge is -2.17. The Kier molecular flexibility index (Phi) is 3.94. The van der Waals surface area contributed by atoms with E-state index < -0.39 is 5.97 Å². The van der Waals surface area contributed by atoms with Gasteiger partial charge in [-0.25, -0.2) is 4.79 Å². The molecule has 0 bridgehead atoms. The molecule has 3 heteroatoms. The highest BCUT2D eigenvalue weighted by molar-refractivity contribution is 5.93. The third kappa shape index (κ3) is 2.49. The summed E-state index contributed by atoms with van der Waals surface area (Å²) in [6.45, 7) is 9.44. The monoisotopic (exact) mass is 234 g/mol. The van der Waals surface area contributed by atoms with Crippen LogP contribution in [-0.2, 0) is 6.42 Å². The van der Waals surface area contributed by atoms with Crippen molar-refractivity contribution in [3.63, 3.8) is 0 Å². The highest BCUT2D eigenvalue weighted by Crippen LogP contribution is 2.32. The molecule has 0 aliphatic carbocycles. The van der Waals surface area contributed by atoms with E-state index in [0.29, 0.717) is 12.0 Å². The van der Waals surface area contributed by atoms with Crippen LogP contribution in [0, 0.1) is 6.92 Å². The summed E-state index contributed by atoms with van der Waals surface area (Å²) in [6, 6.07) is 1.56. The van der Waals surface area contributed by atoms with Crippen LogP contribution in [0.4, 0.5) is 0 Å². The Labute approximate surface area is 101 Å². The van der Waals surface area contributed by atoms with Crippen LogP contribution in [0.15, 0.2) is 18.7 Å². The van der Waals surface area contributed by atoms with E-state index in [1.807, 2.05) is 13.8 Å². The molecule has 1 aromatic rings. The van der Waals surface area contributed by atoms with E-state index in [1.165, 1.54) is 0 Å². The summed E-state index contributed by atoms with van der Waals surface area (Å²) in [4.78, 5) is 11.1. The molecule has 0 aliphatic rings. The summed E-state index contributed by atoms with van der Waals surface area (Å²) in [5.41, 5.74) is 2.54. The Morgan fingerprint density at radius 1 is 1.53 bits per heavy atom. The van der Waals surface area contributed by atoms with E-state index in [-0.39, 0.29) is 17.2 Å². The van der Waals surface area contributed by atoms with Gasteiger partial charge in [-0.2, -0.15) is 0 Å². The smallest absolute Gasteiger partial charge is 0.339 e. The molecule has 0 saturated carbocycles. The molecule has 2 N–H and O–H groups in total. The minimum Gasteiger partial charge on any atom is -0.507 e. The van der Waals surface area contributed by atoms with E-state index in [0.717, 1.165) is 11.1 Å². The van der Waals surface area contributed by atoms with Crippen molar-refractivity contribution in [3.8, 4) is 5.75 Å². The van der Waals surface area contributed by atoms with Crippen molar-refractivity contribution < 1.29 is 15.0 Å². The fraction of sp³-hybridized carbons (Fsp3) is 0.357. The molecule has 0 heterocycles. The van der Waals surface area contributed by atoms with Gasteiger partial charge in [-0.15, -0.1) is 6.58 Å². The third-order valence-corrected chi connectivity index (χ3v) is 2.91. The molecular weight excluding hydrogens is 216 g/mol. The maximum Gasteiger partial charge on any atom is 0.339 e. The minimum atomic E-state index is -1.10. The second kappa shape index (κ2) is 5.04. The molecule has 1 aromatic carbocycles. The highest BCUT2D eigenvalue weighted by atomic mass is 16.4. The van der Waals surface area contributed by atoms with Crippen LogP contribution in [0.1, 0.15) is 46.8 Å². The molecule has 1 rings (SSSR count). The zero-order valence-electron chi connectivity index (χ0n) is 10.4. The van der Waals surface area contributed by atoms with Gasteiger partial charge in [0.1, 0.15) is 11.3 Å². The van der Waals surface area contributed by atoms with E-state index in [4.69, 9.17) is 5.11 Å². The van der Waals surface area contributed by atoms with Gasteiger partial charge in [-0.05, 0) is 42.0 Å². The Hall–Kier alpha value is -1.77. The Morgan fingerprint density at radius 2 is 2.12 bits per heavy atom. The first-order valence-electron chi connectivity index (χ1n) is 5.59. The molecule has 0 saturated heterocycles. The molecule has 0 radical (unpaired) electrons. The lowest BCUT2D eigenvalue weighted by molar-refractivity contribution is 0.0692. The molecule has 92 valence electrons. The summed E-state index contributed by atoms with van der Waals surface area (Å²) in [6.07, 6.45) is 2.36. The van der Waals surface area contributed by atoms with Crippen LogP contribution in [0.5, 0.6) is 5.75 Å². The number of aromatic hydroxyl groups is 1. The summed E-state index contributed by atoms with van der Waals surface area (Å²) >= 11 is 0. The summed E-state index contributed by atoms with van der Waals surface area (Å²) < 4.78 is 0. The number of allylic oxidation sites excluding steroid dienone is 1. The van der Waals surface area contributed by atoms with Crippen molar-refractivity contribution in [2.75, 3.05) is 0 Å². The molecule has 0 atom stereocenters. The maximum atomic E-state index is 11.1. The Bertz CT molecular complexity index is 459. The first-order valence-corrected chi connectivity index (χ1v) is 5.59. The summed E-state index contributed by atoms with van der Waals surface area (Å²) in [5, 5.41) is 18.9. The lowest BCUT2D eigenvalue weighted by atomic mass is 9.88. The average Bonchev–Trinajstić information content (AvgIpc) is 2.21. The highest BCUT2D eigenvalue weighted by Gasteiger charge is 2.20. The fourth-order valence-electron chi connectivity index (χ4n) is 2.07. The molecule has 0 aliphatic heterocycles. The molecule has 0 aromatic heterocycles. The van der Waals surface area contributed by atoms with Gasteiger partial charge in [0.2, 0.25) is 0 Å². The predicted molar refractivity (Wildman–Crippen MR) is 67.8 cm³/mol. The number of hydrogen-bond acceptors (Lipinski definition) is 2. The zero-order valence-corrected chi connectivity index (χ0v) is 10.4. The number of carbonyl (C=O) groups is 1. The number of phenols is 1. The van der Waals surface area contributed by atoms with Crippen LogP contribution in [0.25, 0.3) is 0 Å². The van der Waals surface area contributed by atoms with Crippen LogP contribution in [-0.4, -0.2) is 16.2 Å². The van der Waals surface area contributed by atoms with Crippen LogP contribution < -0.4 is 0 Å². The van der Waals surface area contributed by atoms with Crippen molar-refractivity contribution in [1.82, 2.24) is 0 Å². The molecule has 0 fully saturated rings.